The maximum Gasteiger partial charge on any atom is 0.390 e. The van der Waals surface area contributed by atoms with Crippen LogP contribution >= 0.6 is 0 Å². The van der Waals surface area contributed by atoms with Gasteiger partial charge in [-0.1, -0.05) is 24.3 Å². The van der Waals surface area contributed by atoms with E-state index in [9.17, 15) is 14.9 Å². The number of hydrazone groups is 1. The van der Waals surface area contributed by atoms with E-state index in [1.165, 1.54) is 6.07 Å². The molecule has 0 spiro atoms. The van der Waals surface area contributed by atoms with Gasteiger partial charge in [-0.2, -0.15) is 9.78 Å². The van der Waals surface area contributed by atoms with Gasteiger partial charge in [0, 0.05) is 11.1 Å². The first-order valence-corrected chi connectivity index (χ1v) is 9.14. The van der Waals surface area contributed by atoms with Crippen molar-refractivity contribution in [1.29, 1.82) is 0 Å². The number of hydrogen-bond acceptors (Lipinski definition) is 6. The summed E-state index contributed by atoms with van der Waals surface area (Å²) in [5, 5.41) is 19.0. The second kappa shape index (κ2) is 8.99. The minimum Gasteiger partial charge on any atom is -0.497 e. The van der Waals surface area contributed by atoms with Crippen LogP contribution in [0.15, 0.2) is 59.7 Å². The van der Waals surface area contributed by atoms with Gasteiger partial charge in [0.1, 0.15) is 5.75 Å². The fourth-order valence-corrected chi connectivity index (χ4v) is 2.79. The molecule has 0 fully saturated rings. The largest absolute Gasteiger partial charge is 0.497 e. The van der Waals surface area contributed by atoms with E-state index in [2.05, 4.69) is 15.6 Å². The summed E-state index contributed by atoms with van der Waals surface area (Å²) >= 11 is 0. The van der Waals surface area contributed by atoms with Crippen LogP contribution in [0.2, 0.25) is 0 Å². The lowest BCUT2D eigenvalue weighted by Gasteiger charge is -2.06. The summed E-state index contributed by atoms with van der Waals surface area (Å²) in [6.45, 7) is 3.92. The number of benzene rings is 2. The maximum atomic E-state index is 12.4. The molecule has 1 heterocycles. The molecule has 0 aliphatic heterocycles. The van der Waals surface area contributed by atoms with Crippen LogP contribution in [0.25, 0.3) is 0 Å². The van der Waals surface area contributed by atoms with Gasteiger partial charge in [0.25, 0.3) is 5.91 Å². The standard InChI is InChI=1S/C21H21N5O4/c1-14-11-20(26(28)29)24-25(14)13-16-7-9-17(10-8-16)21(27)23-22-15(2)18-5-4-6-19(12-18)30-3/h4-12H,13H2,1-3H3,(H,23,27)/b22-15+. The van der Waals surface area contributed by atoms with Crippen LogP contribution in [0.5, 0.6) is 5.75 Å². The van der Waals surface area contributed by atoms with E-state index in [1.54, 1.807) is 49.9 Å². The highest BCUT2D eigenvalue weighted by Gasteiger charge is 2.15. The fraction of sp³-hybridized carbons (Fsp3) is 0.190. The quantitative estimate of drug-likeness (QED) is 0.367. The summed E-state index contributed by atoms with van der Waals surface area (Å²) in [7, 11) is 1.59. The van der Waals surface area contributed by atoms with E-state index in [0.29, 0.717) is 29.3 Å². The molecule has 0 saturated carbocycles. The highest BCUT2D eigenvalue weighted by atomic mass is 16.6. The Balaban J connectivity index is 1.65. The summed E-state index contributed by atoms with van der Waals surface area (Å²) < 4.78 is 6.74. The normalized spacial score (nSPS) is 11.2. The van der Waals surface area contributed by atoms with E-state index in [4.69, 9.17) is 4.74 Å². The second-order valence-corrected chi connectivity index (χ2v) is 6.63. The van der Waals surface area contributed by atoms with E-state index < -0.39 is 4.92 Å². The Labute approximate surface area is 173 Å². The molecular weight excluding hydrogens is 386 g/mol. The van der Waals surface area contributed by atoms with Crippen molar-refractivity contribution in [3.8, 4) is 5.75 Å². The third kappa shape index (κ3) is 4.88. The molecule has 9 nitrogen and oxygen atoms in total. The first-order chi connectivity index (χ1) is 14.4. The first kappa shape index (κ1) is 20.7. The maximum absolute atomic E-state index is 12.4. The van der Waals surface area contributed by atoms with Gasteiger partial charge in [-0.25, -0.2) is 5.43 Å². The number of nitro groups is 1. The fourth-order valence-electron chi connectivity index (χ4n) is 2.79. The topological polar surface area (TPSA) is 112 Å². The number of nitrogens with zero attached hydrogens (tertiary/aromatic N) is 4. The number of nitrogens with one attached hydrogen (secondary N) is 1. The van der Waals surface area contributed by atoms with Crippen molar-refractivity contribution in [1.82, 2.24) is 15.2 Å². The van der Waals surface area contributed by atoms with Gasteiger partial charge >= 0.3 is 5.82 Å². The number of rotatable bonds is 7. The zero-order valence-corrected chi connectivity index (χ0v) is 16.8. The van der Waals surface area contributed by atoms with Gasteiger partial charge in [0.2, 0.25) is 0 Å². The van der Waals surface area contributed by atoms with Crippen molar-refractivity contribution in [2.75, 3.05) is 7.11 Å². The van der Waals surface area contributed by atoms with Crippen molar-refractivity contribution < 1.29 is 14.5 Å². The minimum absolute atomic E-state index is 0.187. The molecule has 9 heteroatoms. The Hall–Kier alpha value is -4.01. The number of hydrogen-bond donors (Lipinski definition) is 1. The van der Waals surface area contributed by atoms with Crippen molar-refractivity contribution >= 4 is 17.4 Å². The molecule has 1 aromatic heterocycles. The van der Waals surface area contributed by atoms with E-state index in [-0.39, 0.29) is 11.7 Å². The van der Waals surface area contributed by atoms with Crippen LogP contribution in [0.4, 0.5) is 5.82 Å². The lowest BCUT2D eigenvalue weighted by molar-refractivity contribution is -0.389. The molecule has 0 unspecified atom stereocenters. The number of amides is 1. The Kier molecular flexibility index (Phi) is 6.21. The van der Waals surface area contributed by atoms with E-state index in [0.717, 1.165) is 11.1 Å². The highest BCUT2D eigenvalue weighted by Crippen LogP contribution is 2.15. The average Bonchev–Trinajstić information content (AvgIpc) is 3.13. The SMILES string of the molecule is COc1cccc(/C(C)=N/NC(=O)c2ccc(Cn3nc([N+](=O)[O-])cc3C)cc2)c1. The van der Waals surface area contributed by atoms with E-state index >= 15 is 0 Å². The second-order valence-electron chi connectivity index (χ2n) is 6.63. The highest BCUT2D eigenvalue weighted by molar-refractivity contribution is 6.01. The van der Waals surface area contributed by atoms with Gasteiger partial charge in [0.05, 0.1) is 36.2 Å². The van der Waals surface area contributed by atoms with Crippen LogP contribution in [0.1, 0.15) is 34.1 Å². The average molecular weight is 407 g/mol. The summed E-state index contributed by atoms with van der Waals surface area (Å²) in [6.07, 6.45) is 0. The number of methoxy groups -OCH3 is 1. The molecule has 0 aliphatic carbocycles. The summed E-state index contributed by atoms with van der Waals surface area (Å²) in [4.78, 5) is 22.7. The monoisotopic (exact) mass is 407 g/mol. The molecule has 3 aromatic rings. The number of ether oxygens (including phenoxy) is 1. The Morgan fingerprint density at radius 1 is 1.20 bits per heavy atom. The molecule has 0 atom stereocenters. The van der Waals surface area contributed by atoms with Crippen LogP contribution in [0, 0.1) is 17.0 Å². The molecule has 2 aromatic carbocycles. The smallest absolute Gasteiger partial charge is 0.390 e. The molecule has 3 rings (SSSR count). The zero-order chi connectivity index (χ0) is 21.7. The number of carbonyl (C=O) groups excluding carboxylic acids is 1. The van der Waals surface area contributed by atoms with Crippen LogP contribution in [-0.4, -0.2) is 33.4 Å². The van der Waals surface area contributed by atoms with Gasteiger partial charge in [-0.15, -0.1) is 0 Å². The van der Waals surface area contributed by atoms with Gasteiger partial charge < -0.3 is 14.9 Å². The Morgan fingerprint density at radius 3 is 2.57 bits per heavy atom. The summed E-state index contributed by atoms with van der Waals surface area (Å²) in [5.41, 5.74) is 6.03. The van der Waals surface area contributed by atoms with Gasteiger partial charge in [-0.05, 0) is 48.6 Å². The predicted octanol–water partition coefficient (Wildman–Crippen LogP) is 3.31. The minimum atomic E-state index is -0.523. The third-order valence-corrected chi connectivity index (χ3v) is 4.52. The van der Waals surface area contributed by atoms with Crippen molar-refractivity contribution in [3.63, 3.8) is 0 Å². The number of aromatic nitrogens is 2. The Bertz CT molecular complexity index is 1100. The molecule has 154 valence electrons. The molecule has 0 saturated heterocycles. The van der Waals surface area contributed by atoms with Crippen molar-refractivity contribution in [2.45, 2.75) is 20.4 Å². The van der Waals surface area contributed by atoms with Crippen molar-refractivity contribution in [2.24, 2.45) is 5.10 Å². The predicted molar refractivity (Wildman–Crippen MR) is 112 cm³/mol. The molecule has 0 aliphatic rings. The van der Waals surface area contributed by atoms with Crippen LogP contribution in [-0.2, 0) is 6.54 Å². The Morgan fingerprint density at radius 2 is 1.93 bits per heavy atom. The zero-order valence-electron chi connectivity index (χ0n) is 16.8. The molecular formula is C21H21N5O4. The van der Waals surface area contributed by atoms with E-state index in [1.807, 2.05) is 24.3 Å². The first-order valence-electron chi connectivity index (χ1n) is 9.14. The number of aryl methyl sites for hydroxylation is 1. The molecule has 1 amide bonds. The van der Waals surface area contributed by atoms with Crippen LogP contribution < -0.4 is 10.2 Å². The summed E-state index contributed by atoms with van der Waals surface area (Å²) in [6, 6.07) is 15.7. The molecule has 0 bridgehead atoms. The van der Waals surface area contributed by atoms with Gasteiger partial charge in [-0.3, -0.25) is 4.79 Å². The molecule has 1 N–H and O–H groups in total. The van der Waals surface area contributed by atoms with Gasteiger partial charge in [0.15, 0.2) is 0 Å². The number of carbonyl (C=O) groups is 1. The summed E-state index contributed by atoms with van der Waals surface area (Å²) in [5.74, 6) is 0.184. The third-order valence-electron chi connectivity index (χ3n) is 4.52. The van der Waals surface area contributed by atoms with Crippen molar-refractivity contribution in [3.05, 3.63) is 87.1 Å². The molecule has 30 heavy (non-hydrogen) atoms. The molecule has 0 radical (unpaired) electrons. The lowest BCUT2D eigenvalue weighted by atomic mass is 10.1. The lowest BCUT2D eigenvalue weighted by Crippen LogP contribution is -2.19. The van der Waals surface area contributed by atoms with Crippen LogP contribution in [0.3, 0.4) is 0 Å².